The summed E-state index contributed by atoms with van der Waals surface area (Å²) < 4.78 is 0. The number of anilines is 1. The van der Waals surface area contributed by atoms with E-state index in [2.05, 4.69) is 5.32 Å². The molecule has 1 aliphatic carbocycles. The molecule has 1 aliphatic rings. The van der Waals surface area contributed by atoms with Crippen molar-refractivity contribution in [1.29, 1.82) is 0 Å². The van der Waals surface area contributed by atoms with Crippen LogP contribution in [0.4, 0.5) is 5.69 Å². The van der Waals surface area contributed by atoms with Gasteiger partial charge in [0.05, 0.1) is 11.8 Å². The van der Waals surface area contributed by atoms with Crippen molar-refractivity contribution in [2.75, 3.05) is 5.32 Å². The van der Waals surface area contributed by atoms with Crippen molar-refractivity contribution < 1.29 is 14.7 Å². The van der Waals surface area contributed by atoms with Crippen LogP contribution in [0.2, 0.25) is 0 Å². The number of carbonyl (C=O) groups excluding carboxylic acids is 1. The average molecular weight is 247 g/mol. The molecule has 0 bridgehead atoms. The first-order valence-electron chi connectivity index (χ1n) is 6.16. The molecule has 18 heavy (non-hydrogen) atoms. The lowest BCUT2D eigenvalue weighted by atomic mass is 10.1. The van der Waals surface area contributed by atoms with Gasteiger partial charge in [-0.1, -0.05) is 25.1 Å². The predicted octanol–water partition coefficient (Wildman–Crippen LogP) is 2.22. The second-order valence-corrected chi connectivity index (χ2v) is 4.74. The molecule has 0 spiro atoms. The third-order valence-corrected chi connectivity index (χ3v) is 3.43. The molecule has 2 rings (SSSR count). The predicted molar refractivity (Wildman–Crippen MR) is 68.4 cm³/mol. The van der Waals surface area contributed by atoms with Crippen LogP contribution in [-0.2, 0) is 16.0 Å². The van der Waals surface area contributed by atoms with Crippen molar-refractivity contribution in [3.63, 3.8) is 0 Å². The number of carboxylic acids is 1. The summed E-state index contributed by atoms with van der Waals surface area (Å²) in [5.41, 5.74) is 2.92. The molecule has 1 fully saturated rings. The molecule has 96 valence electrons. The smallest absolute Gasteiger partial charge is 0.307 e. The lowest BCUT2D eigenvalue weighted by Crippen LogP contribution is -2.18. The highest BCUT2D eigenvalue weighted by molar-refractivity contribution is 5.99. The SMILES string of the molecule is CCc1cccc(C)c1NC(=O)[C@@H]1C[C@@H]1C(=O)O. The van der Waals surface area contributed by atoms with E-state index in [0.29, 0.717) is 6.42 Å². The number of aryl methyl sites for hydroxylation is 2. The third-order valence-electron chi connectivity index (χ3n) is 3.43. The number of rotatable bonds is 4. The Labute approximate surface area is 106 Å². The molecule has 0 aromatic heterocycles. The number of hydrogen-bond donors (Lipinski definition) is 2. The van der Waals surface area contributed by atoms with Crippen LogP contribution >= 0.6 is 0 Å². The highest BCUT2D eigenvalue weighted by atomic mass is 16.4. The number of carbonyl (C=O) groups is 2. The summed E-state index contributed by atoms with van der Waals surface area (Å²) in [6, 6.07) is 5.88. The fourth-order valence-corrected chi connectivity index (χ4v) is 2.18. The molecule has 0 unspecified atom stereocenters. The van der Waals surface area contributed by atoms with Gasteiger partial charge in [0.15, 0.2) is 0 Å². The van der Waals surface area contributed by atoms with Gasteiger partial charge in [0.1, 0.15) is 0 Å². The largest absolute Gasteiger partial charge is 0.481 e. The van der Waals surface area contributed by atoms with E-state index < -0.39 is 11.9 Å². The van der Waals surface area contributed by atoms with Gasteiger partial charge in [-0.15, -0.1) is 0 Å². The standard InChI is InChI=1S/C14H17NO3/c1-3-9-6-4-5-8(2)12(9)15-13(16)10-7-11(10)14(17)18/h4-6,10-11H,3,7H2,1-2H3,(H,15,16)(H,17,18)/t10-,11+/m1/s1. The first-order chi connectivity index (χ1) is 8.54. The number of aliphatic carboxylic acids is 1. The fourth-order valence-electron chi connectivity index (χ4n) is 2.18. The number of carboxylic acid groups (broad SMARTS) is 1. The molecule has 0 aliphatic heterocycles. The first-order valence-corrected chi connectivity index (χ1v) is 6.16. The lowest BCUT2D eigenvalue weighted by Gasteiger charge is -2.12. The van der Waals surface area contributed by atoms with Crippen LogP contribution in [0.5, 0.6) is 0 Å². The molecule has 0 heterocycles. The minimum absolute atomic E-state index is 0.175. The highest BCUT2D eigenvalue weighted by Gasteiger charge is 2.48. The molecule has 2 atom stereocenters. The minimum atomic E-state index is -0.879. The van der Waals surface area contributed by atoms with Crippen molar-refractivity contribution in [2.24, 2.45) is 11.8 Å². The van der Waals surface area contributed by atoms with Gasteiger partial charge in [0.25, 0.3) is 0 Å². The molecule has 0 radical (unpaired) electrons. The lowest BCUT2D eigenvalue weighted by molar-refractivity contribution is -0.139. The van der Waals surface area contributed by atoms with Gasteiger partial charge < -0.3 is 10.4 Å². The zero-order valence-electron chi connectivity index (χ0n) is 10.6. The first kappa shape index (κ1) is 12.6. The van der Waals surface area contributed by atoms with Crippen LogP contribution in [0.25, 0.3) is 0 Å². The molecule has 2 N–H and O–H groups in total. The number of benzene rings is 1. The molecule has 1 aromatic rings. The monoisotopic (exact) mass is 247 g/mol. The Morgan fingerprint density at radius 2 is 2.11 bits per heavy atom. The van der Waals surface area contributed by atoms with Crippen LogP contribution < -0.4 is 5.32 Å². The van der Waals surface area contributed by atoms with E-state index in [0.717, 1.165) is 23.2 Å². The summed E-state index contributed by atoms with van der Waals surface area (Å²) in [5, 5.41) is 11.7. The zero-order valence-corrected chi connectivity index (χ0v) is 10.6. The Morgan fingerprint density at radius 1 is 1.39 bits per heavy atom. The van der Waals surface area contributed by atoms with Crippen molar-refractivity contribution in [1.82, 2.24) is 0 Å². The number of hydrogen-bond acceptors (Lipinski definition) is 2. The molecule has 4 heteroatoms. The second-order valence-electron chi connectivity index (χ2n) is 4.74. The Morgan fingerprint density at radius 3 is 2.67 bits per heavy atom. The maximum absolute atomic E-state index is 11.9. The Bertz CT molecular complexity index is 496. The van der Waals surface area contributed by atoms with Crippen LogP contribution in [0.1, 0.15) is 24.5 Å². The molecule has 1 aromatic carbocycles. The molecule has 0 saturated heterocycles. The number of amides is 1. The van der Waals surface area contributed by atoms with Crippen LogP contribution in [0, 0.1) is 18.8 Å². The topological polar surface area (TPSA) is 66.4 Å². The van der Waals surface area contributed by atoms with E-state index in [-0.39, 0.29) is 11.8 Å². The zero-order chi connectivity index (χ0) is 13.3. The van der Waals surface area contributed by atoms with Gasteiger partial charge in [-0.3, -0.25) is 9.59 Å². The summed E-state index contributed by atoms with van der Waals surface area (Å²) in [5.74, 6) is -1.92. The van der Waals surface area contributed by atoms with Gasteiger partial charge in [-0.05, 0) is 30.9 Å². The van der Waals surface area contributed by atoms with E-state index in [4.69, 9.17) is 5.11 Å². The second kappa shape index (κ2) is 4.80. The summed E-state index contributed by atoms with van der Waals surface area (Å²) in [4.78, 5) is 22.7. The van der Waals surface area contributed by atoms with Crippen molar-refractivity contribution >= 4 is 17.6 Å². The van der Waals surface area contributed by atoms with Crippen LogP contribution in [0.3, 0.4) is 0 Å². The average Bonchev–Trinajstić information content (AvgIpc) is 3.11. The quantitative estimate of drug-likeness (QED) is 0.857. The van der Waals surface area contributed by atoms with E-state index in [1.54, 1.807) is 0 Å². The van der Waals surface area contributed by atoms with Crippen LogP contribution in [-0.4, -0.2) is 17.0 Å². The summed E-state index contributed by atoms with van der Waals surface area (Å²) in [7, 11) is 0. The minimum Gasteiger partial charge on any atom is -0.481 e. The molecule has 4 nitrogen and oxygen atoms in total. The summed E-state index contributed by atoms with van der Waals surface area (Å²) in [6.07, 6.45) is 1.29. The van der Waals surface area contributed by atoms with Gasteiger partial charge >= 0.3 is 5.97 Å². The Kier molecular flexibility index (Phi) is 3.36. The Balaban J connectivity index is 2.11. The number of nitrogens with one attached hydrogen (secondary N) is 1. The van der Waals surface area contributed by atoms with Gasteiger partial charge in [-0.25, -0.2) is 0 Å². The maximum Gasteiger partial charge on any atom is 0.307 e. The maximum atomic E-state index is 11.9. The van der Waals surface area contributed by atoms with Crippen LogP contribution in [0.15, 0.2) is 18.2 Å². The van der Waals surface area contributed by atoms with E-state index in [9.17, 15) is 9.59 Å². The van der Waals surface area contributed by atoms with Crippen molar-refractivity contribution in [2.45, 2.75) is 26.7 Å². The third kappa shape index (κ3) is 2.37. The molecular formula is C14H17NO3. The molecule has 1 amide bonds. The normalized spacial score (nSPS) is 21.4. The van der Waals surface area contributed by atoms with Crippen molar-refractivity contribution in [3.8, 4) is 0 Å². The van der Waals surface area contributed by atoms with E-state index >= 15 is 0 Å². The van der Waals surface area contributed by atoms with E-state index in [1.807, 2.05) is 32.0 Å². The van der Waals surface area contributed by atoms with Gasteiger partial charge in [0.2, 0.25) is 5.91 Å². The highest BCUT2D eigenvalue weighted by Crippen LogP contribution is 2.39. The molecular weight excluding hydrogens is 230 g/mol. The van der Waals surface area contributed by atoms with E-state index in [1.165, 1.54) is 0 Å². The van der Waals surface area contributed by atoms with Crippen molar-refractivity contribution in [3.05, 3.63) is 29.3 Å². The summed E-state index contributed by atoms with van der Waals surface area (Å²) in [6.45, 7) is 3.97. The Hall–Kier alpha value is -1.84. The summed E-state index contributed by atoms with van der Waals surface area (Å²) >= 11 is 0. The molecule has 1 saturated carbocycles. The number of para-hydroxylation sites is 1. The van der Waals surface area contributed by atoms with Gasteiger partial charge in [-0.2, -0.15) is 0 Å². The van der Waals surface area contributed by atoms with Gasteiger partial charge in [0, 0.05) is 5.69 Å². The fraction of sp³-hybridized carbons (Fsp3) is 0.429.